The Bertz CT molecular complexity index is 738. The molecule has 0 atom stereocenters. The molecule has 7 nitrogen and oxygen atoms in total. The van der Waals surface area contributed by atoms with Crippen LogP contribution < -0.4 is 5.32 Å². The molecular weight excluding hydrogens is 332 g/mol. The van der Waals surface area contributed by atoms with Crippen LogP contribution in [0.1, 0.15) is 44.3 Å². The molecule has 1 N–H and O–H groups in total. The maximum absolute atomic E-state index is 12.2. The van der Waals surface area contributed by atoms with Crippen molar-refractivity contribution in [3.63, 3.8) is 0 Å². The van der Waals surface area contributed by atoms with Gasteiger partial charge in [-0.15, -0.1) is 0 Å². The van der Waals surface area contributed by atoms with Gasteiger partial charge in [-0.2, -0.15) is 4.98 Å². The summed E-state index contributed by atoms with van der Waals surface area (Å²) in [5, 5.41) is 6.91. The van der Waals surface area contributed by atoms with Crippen molar-refractivity contribution in [2.24, 2.45) is 0 Å². The molecule has 2 aromatic rings. The summed E-state index contributed by atoms with van der Waals surface area (Å²) in [6, 6.07) is 9.75. The molecule has 0 radical (unpaired) electrons. The average molecular weight is 356 g/mol. The SMILES string of the molecule is CN(Cc1noc(-c2ccccc2)n1)C(=O)CCC(=O)NC1CCCC1. The fourth-order valence-electron chi connectivity index (χ4n) is 3.10. The highest BCUT2D eigenvalue weighted by atomic mass is 16.5. The Kier molecular flexibility index (Phi) is 5.99. The minimum Gasteiger partial charge on any atom is -0.353 e. The van der Waals surface area contributed by atoms with Gasteiger partial charge in [-0.25, -0.2) is 0 Å². The zero-order valence-corrected chi connectivity index (χ0v) is 15.0. The van der Waals surface area contributed by atoms with Gasteiger partial charge in [-0.05, 0) is 25.0 Å². The van der Waals surface area contributed by atoms with Crippen molar-refractivity contribution < 1.29 is 14.1 Å². The molecule has 0 bridgehead atoms. The number of nitrogens with zero attached hydrogens (tertiary/aromatic N) is 3. The third-order valence-corrected chi connectivity index (χ3v) is 4.58. The summed E-state index contributed by atoms with van der Waals surface area (Å²) in [7, 11) is 1.68. The molecule has 1 aliphatic rings. The van der Waals surface area contributed by atoms with Crippen LogP contribution in [0.4, 0.5) is 0 Å². The van der Waals surface area contributed by atoms with Crippen molar-refractivity contribution in [2.75, 3.05) is 7.05 Å². The van der Waals surface area contributed by atoms with Gasteiger partial charge in [-0.1, -0.05) is 36.2 Å². The van der Waals surface area contributed by atoms with E-state index in [1.165, 1.54) is 17.7 Å². The second-order valence-electron chi connectivity index (χ2n) is 6.68. The third-order valence-electron chi connectivity index (χ3n) is 4.58. The zero-order chi connectivity index (χ0) is 18.4. The van der Waals surface area contributed by atoms with E-state index in [-0.39, 0.29) is 37.2 Å². The monoisotopic (exact) mass is 356 g/mol. The molecule has 3 rings (SSSR count). The minimum absolute atomic E-state index is 0.0513. The van der Waals surface area contributed by atoms with Gasteiger partial charge in [0.25, 0.3) is 5.89 Å². The smallest absolute Gasteiger partial charge is 0.257 e. The highest BCUT2D eigenvalue weighted by Crippen LogP contribution is 2.18. The Labute approximate surface area is 152 Å². The number of rotatable bonds is 7. The second-order valence-corrected chi connectivity index (χ2v) is 6.68. The molecule has 0 unspecified atom stereocenters. The number of benzene rings is 1. The van der Waals surface area contributed by atoms with Crippen LogP contribution in [0.3, 0.4) is 0 Å². The third kappa shape index (κ3) is 4.91. The first-order chi connectivity index (χ1) is 12.6. The van der Waals surface area contributed by atoms with Gasteiger partial charge in [0.05, 0.1) is 6.54 Å². The number of aromatic nitrogens is 2. The number of nitrogens with one attached hydrogen (secondary N) is 1. The minimum atomic E-state index is -0.113. The molecule has 1 fully saturated rings. The molecule has 1 aromatic heterocycles. The molecule has 0 saturated heterocycles. The van der Waals surface area contributed by atoms with Crippen molar-refractivity contribution in [3.8, 4) is 11.5 Å². The predicted molar refractivity (Wildman–Crippen MR) is 95.8 cm³/mol. The van der Waals surface area contributed by atoms with Gasteiger partial charge in [0.15, 0.2) is 5.82 Å². The first-order valence-electron chi connectivity index (χ1n) is 9.03. The van der Waals surface area contributed by atoms with E-state index in [1.807, 2.05) is 30.3 Å². The van der Waals surface area contributed by atoms with Crippen LogP contribution >= 0.6 is 0 Å². The van der Waals surface area contributed by atoms with Gasteiger partial charge >= 0.3 is 0 Å². The zero-order valence-electron chi connectivity index (χ0n) is 15.0. The van der Waals surface area contributed by atoms with Crippen molar-refractivity contribution >= 4 is 11.8 Å². The molecule has 1 aromatic carbocycles. The summed E-state index contributed by atoms with van der Waals surface area (Å²) in [5.41, 5.74) is 0.837. The quantitative estimate of drug-likeness (QED) is 0.823. The lowest BCUT2D eigenvalue weighted by atomic mass is 10.2. The van der Waals surface area contributed by atoms with Crippen LogP contribution in [0.15, 0.2) is 34.9 Å². The lowest BCUT2D eigenvalue weighted by molar-refractivity contribution is -0.133. The van der Waals surface area contributed by atoms with Gasteiger partial charge < -0.3 is 14.7 Å². The Balaban J connectivity index is 1.45. The first kappa shape index (κ1) is 18.1. The van der Waals surface area contributed by atoms with Crippen LogP contribution in [0.25, 0.3) is 11.5 Å². The molecule has 26 heavy (non-hydrogen) atoms. The number of hydrogen-bond acceptors (Lipinski definition) is 5. The van der Waals surface area contributed by atoms with E-state index in [4.69, 9.17) is 4.52 Å². The summed E-state index contributed by atoms with van der Waals surface area (Å²) < 4.78 is 5.24. The Morgan fingerprint density at radius 1 is 1.19 bits per heavy atom. The fourth-order valence-corrected chi connectivity index (χ4v) is 3.10. The lowest BCUT2D eigenvalue weighted by Crippen LogP contribution is -2.34. The Morgan fingerprint density at radius 2 is 1.92 bits per heavy atom. The van der Waals surface area contributed by atoms with E-state index in [0.29, 0.717) is 11.7 Å². The highest BCUT2D eigenvalue weighted by Gasteiger charge is 2.19. The van der Waals surface area contributed by atoms with Crippen LogP contribution in [0.5, 0.6) is 0 Å². The molecular formula is C19H24N4O3. The van der Waals surface area contributed by atoms with Gasteiger partial charge in [-0.3, -0.25) is 9.59 Å². The number of hydrogen-bond donors (Lipinski definition) is 1. The summed E-state index contributed by atoms with van der Waals surface area (Å²) in [6.45, 7) is 0.249. The first-order valence-corrected chi connectivity index (χ1v) is 9.03. The number of carbonyl (C=O) groups excluding carboxylic acids is 2. The summed E-state index contributed by atoms with van der Waals surface area (Å²) in [6.07, 6.45) is 4.81. The number of amides is 2. The lowest BCUT2D eigenvalue weighted by Gasteiger charge is -2.15. The topological polar surface area (TPSA) is 88.3 Å². The predicted octanol–water partition coefficient (Wildman–Crippen LogP) is 2.53. The van der Waals surface area contributed by atoms with Gasteiger partial charge in [0.1, 0.15) is 0 Å². The van der Waals surface area contributed by atoms with E-state index < -0.39 is 0 Å². The van der Waals surface area contributed by atoms with Gasteiger partial charge in [0.2, 0.25) is 11.8 Å². The molecule has 2 amide bonds. The molecule has 1 heterocycles. The van der Waals surface area contributed by atoms with Crippen LogP contribution in [-0.2, 0) is 16.1 Å². The largest absolute Gasteiger partial charge is 0.353 e. The standard InChI is InChI=1S/C19H24N4O3/c1-23(18(25)12-11-17(24)20-15-9-5-6-10-15)13-16-21-19(26-22-16)14-7-3-2-4-8-14/h2-4,7-8,15H,5-6,9-13H2,1H3,(H,20,24). The Morgan fingerprint density at radius 3 is 2.65 bits per heavy atom. The normalized spacial score (nSPS) is 14.3. The van der Waals surface area contributed by atoms with Crippen LogP contribution in [0, 0.1) is 0 Å². The average Bonchev–Trinajstić information content (AvgIpc) is 3.32. The summed E-state index contributed by atoms with van der Waals surface area (Å²) in [4.78, 5) is 30.0. The van der Waals surface area contributed by atoms with Crippen LogP contribution in [0.2, 0.25) is 0 Å². The van der Waals surface area contributed by atoms with Crippen molar-refractivity contribution in [3.05, 3.63) is 36.2 Å². The van der Waals surface area contributed by atoms with Gasteiger partial charge in [0, 0.05) is 31.5 Å². The number of carbonyl (C=O) groups is 2. The maximum Gasteiger partial charge on any atom is 0.257 e. The highest BCUT2D eigenvalue weighted by molar-refractivity contribution is 5.83. The summed E-state index contributed by atoms with van der Waals surface area (Å²) in [5.74, 6) is 0.703. The maximum atomic E-state index is 12.2. The van der Waals surface area contributed by atoms with E-state index in [0.717, 1.165) is 18.4 Å². The van der Waals surface area contributed by atoms with E-state index in [9.17, 15) is 9.59 Å². The molecule has 1 aliphatic carbocycles. The molecule has 0 spiro atoms. The van der Waals surface area contributed by atoms with E-state index >= 15 is 0 Å². The second kappa shape index (κ2) is 8.60. The van der Waals surface area contributed by atoms with Crippen LogP contribution in [-0.4, -0.2) is 39.9 Å². The summed E-state index contributed by atoms with van der Waals surface area (Å²) >= 11 is 0. The van der Waals surface area contributed by atoms with Crippen molar-refractivity contribution in [1.82, 2.24) is 20.4 Å². The Hall–Kier alpha value is -2.70. The molecule has 7 heteroatoms. The molecule has 138 valence electrons. The van der Waals surface area contributed by atoms with Crippen molar-refractivity contribution in [1.29, 1.82) is 0 Å². The van der Waals surface area contributed by atoms with E-state index in [2.05, 4.69) is 15.5 Å². The van der Waals surface area contributed by atoms with Crippen molar-refractivity contribution in [2.45, 2.75) is 51.1 Å². The fraction of sp³-hybridized carbons (Fsp3) is 0.474. The molecule has 0 aliphatic heterocycles. The molecule has 1 saturated carbocycles. The van der Waals surface area contributed by atoms with E-state index in [1.54, 1.807) is 7.05 Å².